The Morgan fingerprint density at radius 3 is 2.41 bits per heavy atom. The molecule has 1 fully saturated rings. The molecule has 1 aliphatic rings. The second-order valence-electron chi connectivity index (χ2n) is 9.53. The molecule has 1 atom stereocenters. The maximum absolute atomic E-state index is 13.3. The number of aliphatic hydroxyl groups excluding tert-OH is 1. The van der Waals surface area contributed by atoms with Gasteiger partial charge in [0.05, 0.1) is 25.3 Å². The zero-order chi connectivity index (χ0) is 27.1. The van der Waals surface area contributed by atoms with E-state index in [1.54, 1.807) is 48.5 Å². The third-order valence-corrected chi connectivity index (χ3v) is 5.90. The first-order chi connectivity index (χ1) is 17.7. The third-order valence-electron chi connectivity index (χ3n) is 5.90. The van der Waals surface area contributed by atoms with Crippen LogP contribution in [0.15, 0.2) is 60.7 Å². The van der Waals surface area contributed by atoms with Gasteiger partial charge in [-0.15, -0.1) is 0 Å². The van der Waals surface area contributed by atoms with Crippen molar-refractivity contribution in [1.82, 2.24) is 9.80 Å². The first-order valence-electron chi connectivity index (χ1n) is 12.3. The Balaban J connectivity index is 2.07. The topological polar surface area (TPSA) is 88.5 Å². The number of aliphatic hydroxyl groups is 1. The quantitative estimate of drug-likeness (QED) is 0.198. The number of carbonyl (C=O) groups is 2. The van der Waals surface area contributed by atoms with Gasteiger partial charge in [0, 0.05) is 18.7 Å². The zero-order valence-corrected chi connectivity index (χ0v) is 22.2. The van der Waals surface area contributed by atoms with Crippen molar-refractivity contribution in [3.05, 3.63) is 71.8 Å². The van der Waals surface area contributed by atoms with Crippen molar-refractivity contribution in [3.63, 3.8) is 0 Å². The number of carbonyl (C=O) groups excluding carboxylic acids is 2. The molecule has 2 aromatic rings. The van der Waals surface area contributed by atoms with Gasteiger partial charge in [0.15, 0.2) is 11.5 Å². The smallest absolute Gasteiger partial charge is 0.295 e. The highest BCUT2D eigenvalue weighted by Crippen LogP contribution is 2.42. The normalized spacial score (nSPS) is 16.9. The van der Waals surface area contributed by atoms with Gasteiger partial charge in [-0.25, -0.2) is 0 Å². The van der Waals surface area contributed by atoms with Gasteiger partial charge < -0.3 is 29.1 Å². The van der Waals surface area contributed by atoms with Crippen LogP contribution in [0.25, 0.3) is 5.76 Å². The summed E-state index contributed by atoms with van der Waals surface area (Å²) in [6.45, 7) is 9.49. The van der Waals surface area contributed by atoms with Crippen molar-refractivity contribution in [1.29, 1.82) is 0 Å². The number of hydrogen-bond acceptors (Lipinski definition) is 7. The van der Waals surface area contributed by atoms with Gasteiger partial charge in [0.2, 0.25) is 0 Å². The lowest BCUT2D eigenvalue weighted by Gasteiger charge is -2.27. The minimum atomic E-state index is -0.792. The average Bonchev–Trinajstić information content (AvgIpc) is 3.14. The van der Waals surface area contributed by atoms with Crippen molar-refractivity contribution >= 4 is 17.4 Å². The Bertz CT molecular complexity index is 1150. The molecule has 0 spiro atoms. The van der Waals surface area contributed by atoms with Crippen LogP contribution in [0.3, 0.4) is 0 Å². The van der Waals surface area contributed by atoms with Crippen LogP contribution in [0.4, 0.5) is 0 Å². The van der Waals surface area contributed by atoms with E-state index in [4.69, 9.17) is 14.2 Å². The van der Waals surface area contributed by atoms with Gasteiger partial charge in [0.25, 0.3) is 11.7 Å². The molecule has 0 radical (unpaired) electrons. The predicted octanol–water partition coefficient (Wildman–Crippen LogP) is 4.28. The first kappa shape index (κ1) is 27.8. The molecular formula is C29H36N2O6. The van der Waals surface area contributed by atoms with Crippen LogP contribution < -0.4 is 14.2 Å². The number of ketones is 1. The number of Topliss-reactive ketones (excluding diaryl/α,β-unsaturated/α-hetero) is 1. The number of amides is 1. The number of rotatable bonds is 12. The van der Waals surface area contributed by atoms with Gasteiger partial charge in [-0.3, -0.25) is 9.59 Å². The lowest BCUT2D eigenvalue weighted by Crippen LogP contribution is -2.35. The maximum atomic E-state index is 13.3. The number of methoxy groups -OCH3 is 1. The second-order valence-corrected chi connectivity index (χ2v) is 9.53. The second kappa shape index (κ2) is 12.5. The monoisotopic (exact) mass is 508 g/mol. The van der Waals surface area contributed by atoms with Crippen molar-refractivity contribution in [2.45, 2.75) is 19.9 Å². The Kier molecular flexibility index (Phi) is 9.36. The lowest BCUT2D eigenvalue weighted by atomic mass is 9.95. The van der Waals surface area contributed by atoms with Crippen LogP contribution in [-0.4, -0.2) is 74.1 Å². The molecule has 1 N–H and O–H groups in total. The summed E-state index contributed by atoms with van der Waals surface area (Å²) in [5, 5.41) is 11.3. The predicted molar refractivity (Wildman–Crippen MR) is 143 cm³/mol. The van der Waals surface area contributed by atoms with E-state index in [1.165, 1.54) is 12.0 Å². The van der Waals surface area contributed by atoms with Crippen LogP contribution in [0.2, 0.25) is 0 Å². The molecule has 8 nitrogen and oxygen atoms in total. The van der Waals surface area contributed by atoms with E-state index in [0.717, 1.165) is 0 Å². The van der Waals surface area contributed by atoms with E-state index in [-0.39, 0.29) is 11.3 Å². The van der Waals surface area contributed by atoms with Crippen LogP contribution in [0.5, 0.6) is 17.2 Å². The average molecular weight is 509 g/mol. The van der Waals surface area contributed by atoms with Gasteiger partial charge in [-0.2, -0.15) is 0 Å². The molecule has 0 aromatic heterocycles. The molecule has 1 heterocycles. The summed E-state index contributed by atoms with van der Waals surface area (Å²) < 4.78 is 16.9. The van der Waals surface area contributed by atoms with E-state index < -0.39 is 17.7 Å². The Morgan fingerprint density at radius 1 is 1.11 bits per heavy atom. The summed E-state index contributed by atoms with van der Waals surface area (Å²) in [7, 11) is 5.30. The van der Waals surface area contributed by atoms with Crippen molar-refractivity contribution in [3.8, 4) is 17.2 Å². The van der Waals surface area contributed by atoms with Gasteiger partial charge in [-0.05, 0) is 62.0 Å². The van der Waals surface area contributed by atoms with Crippen LogP contribution >= 0.6 is 0 Å². The number of likely N-dealkylation sites (N-methyl/N-ethyl adjacent to an activating group) is 1. The largest absolute Gasteiger partial charge is 0.507 e. The molecule has 1 unspecified atom stereocenters. The molecule has 0 aliphatic carbocycles. The zero-order valence-electron chi connectivity index (χ0n) is 22.2. The van der Waals surface area contributed by atoms with E-state index in [2.05, 4.69) is 20.4 Å². The number of nitrogens with zero attached hydrogens (tertiary/aromatic N) is 2. The summed E-state index contributed by atoms with van der Waals surface area (Å²) in [5.41, 5.74) is 1.08. The molecule has 8 heteroatoms. The highest BCUT2D eigenvalue weighted by molar-refractivity contribution is 6.46. The number of benzene rings is 2. The SMILES string of the molecule is C=CCOc1ccc(C2/C(=C(\O)c3ccc(OCC(C)C)cc3)C(=O)C(=O)N2CCN(C)C)cc1OC. The lowest BCUT2D eigenvalue weighted by molar-refractivity contribution is -0.140. The fourth-order valence-electron chi connectivity index (χ4n) is 4.01. The fraction of sp³-hybridized carbons (Fsp3) is 0.379. The summed E-state index contributed by atoms with van der Waals surface area (Å²) in [4.78, 5) is 29.8. The minimum absolute atomic E-state index is 0.0291. The molecule has 198 valence electrons. The minimum Gasteiger partial charge on any atom is -0.507 e. The molecule has 1 aliphatic heterocycles. The molecule has 0 bridgehead atoms. The summed E-state index contributed by atoms with van der Waals surface area (Å²) in [6.07, 6.45) is 1.63. The molecule has 0 saturated carbocycles. The first-order valence-corrected chi connectivity index (χ1v) is 12.3. The van der Waals surface area contributed by atoms with E-state index >= 15 is 0 Å². The van der Waals surface area contributed by atoms with Crippen LogP contribution in [0, 0.1) is 5.92 Å². The van der Waals surface area contributed by atoms with Gasteiger partial charge in [0.1, 0.15) is 18.1 Å². The molecule has 1 amide bonds. The van der Waals surface area contributed by atoms with E-state index in [0.29, 0.717) is 60.6 Å². The van der Waals surface area contributed by atoms with Crippen molar-refractivity contribution < 1.29 is 28.9 Å². The summed E-state index contributed by atoms with van der Waals surface area (Å²) >= 11 is 0. The summed E-state index contributed by atoms with van der Waals surface area (Å²) in [5.74, 6) is 0.364. The Hall–Kier alpha value is -3.78. The third kappa shape index (κ3) is 6.51. The summed E-state index contributed by atoms with van der Waals surface area (Å²) in [6, 6.07) is 11.3. The van der Waals surface area contributed by atoms with Crippen LogP contribution in [0.1, 0.15) is 31.0 Å². The van der Waals surface area contributed by atoms with Gasteiger partial charge in [-0.1, -0.05) is 32.6 Å². The Labute approximate surface area is 218 Å². The van der Waals surface area contributed by atoms with E-state index in [9.17, 15) is 14.7 Å². The van der Waals surface area contributed by atoms with Crippen molar-refractivity contribution in [2.75, 3.05) is 47.5 Å². The standard InChI is InChI=1S/C29H36N2O6/c1-7-16-36-23-13-10-21(17-24(23)35-6)26-25(28(33)29(34)31(26)15-14-30(4)5)27(32)20-8-11-22(12-9-20)37-18-19(2)3/h7-13,17,19,26,32H,1,14-16,18H2,2-6H3/b27-25+. The highest BCUT2D eigenvalue weighted by atomic mass is 16.5. The molecule has 1 saturated heterocycles. The fourth-order valence-corrected chi connectivity index (χ4v) is 4.01. The molecule has 2 aromatic carbocycles. The Morgan fingerprint density at radius 2 is 1.81 bits per heavy atom. The van der Waals surface area contributed by atoms with Crippen molar-refractivity contribution in [2.24, 2.45) is 5.92 Å². The molecule has 37 heavy (non-hydrogen) atoms. The number of hydrogen-bond donors (Lipinski definition) is 1. The highest BCUT2D eigenvalue weighted by Gasteiger charge is 2.46. The van der Waals surface area contributed by atoms with Crippen LogP contribution in [-0.2, 0) is 9.59 Å². The van der Waals surface area contributed by atoms with Gasteiger partial charge >= 0.3 is 0 Å². The molecular weight excluding hydrogens is 472 g/mol. The number of likely N-dealkylation sites (tertiary alicyclic amines) is 1. The number of ether oxygens (including phenoxy) is 3. The van der Waals surface area contributed by atoms with E-state index in [1.807, 2.05) is 19.0 Å². The maximum Gasteiger partial charge on any atom is 0.295 e. The molecule has 3 rings (SSSR count).